The lowest BCUT2D eigenvalue weighted by molar-refractivity contribution is -0.161. The van der Waals surface area contributed by atoms with Crippen LogP contribution in [0.25, 0.3) is 0 Å². The van der Waals surface area contributed by atoms with Crippen molar-refractivity contribution in [3.8, 4) is 0 Å². The first-order chi connectivity index (χ1) is 47.0. The van der Waals surface area contributed by atoms with Gasteiger partial charge in [0.25, 0.3) is 0 Å². The van der Waals surface area contributed by atoms with E-state index in [2.05, 4.69) is 34.6 Å². The van der Waals surface area contributed by atoms with Crippen LogP contribution in [0.1, 0.15) is 413 Å². The average Bonchev–Trinajstić information content (AvgIpc) is 1.22. The van der Waals surface area contributed by atoms with Crippen molar-refractivity contribution in [2.45, 2.75) is 432 Å². The molecule has 0 aliphatic carbocycles. The first-order valence-corrected chi connectivity index (χ1v) is 43.6. The number of ether oxygens (including phenoxy) is 4. The topological polar surface area (TPSA) is 237 Å². The molecule has 0 rings (SSSR count). The summed E-state index contributed by atoms with van der Waals surface area (Å²) in [7, 11) is -9.91. The summed E-state index contributed by atoms with van der Waals surface area (Å²) in [5.41, 5.74) is 0. The molecule has 0 aromatic carbocycles. The lowest BCUT2D eigenvalue weighted by Gasteiger charge is -2.21. The molecule has 97 heavy (non-hydrogen) atoms. The molecule has 0 aromatic heterocycles. The molecule has 0 amide bonds. The number of phosphoric acid groups is 2. The lowest BCUT2D eigenvalue weighted by Crippen LogP contribution is -2.30. The van der Waals surface area contributed by atoms with Crippen molar-refractivity contribution in [3.63, 3.8) is 0 Å². The fourth-order valence-corrected chi connectivity index (χ4v) is 13.6. The van der Waals surface area contributed by atoms with Gasteiger partial charge in [0.1, 0.15) is 19.3 Å². The maximum atomic E-state index is 13.1. The lowest BCUT2D eigenvalue weighted by atomic mass is 10.0. The third-order valence-electron chi connectivity index (χ3n) is 18.3. The number of aliphatic hydroxyl groups excluding tert-OH is 1. The van der Waals surface area contributed by atoms with Crippen LogP contribution in [0.15, 0.2) is 0 Å². The maximum Gasteiger partial charge on any atom is 0.472 e. The van der Waals surface area contributed by atoms with Gasteiger partial charge in [0, 0.05) is 25.7 Å². The molecule has 0 aliphatic rings. The van der Waals surface area contributed by atoms with Crippen LogP contribution < -0.4 is 0 Å². The highest BCUT2D eigenvalue weighted by molar-refractivity contribution is 7.47. The Morgan fingerprint density at radius 1 is 0.278 bits per heavy atom. The van der Waals surface area contributed by atoms with E-state index in [1.165, 1.54) is 238 Å². The molecule has 0 aliphatic heterocycles. The summed E-state index contributed by atoms with van der Waals surface area (Å²) in [6.45, 7) is 7.26. The third-order valence-corrected chi connectivity index (χ3v) is 20.2. The number of unbranched alkanes of at least 4 members (excludes halogenated alkanes) is 50. The molecule has 0 heterocycles. The van der Waals surface area contributed by atoms with Gasteiger partial charge in [0.05, 0.1) is 26.4 Å². The van der Waals surface area contributed by atoms with Gasteiger partial charge in [-0.05, 0) is 31.6 Å². The van der Waals surface area contributed by atoms with Gasteiger partial charge in [0.2, 0.25) is 0 Å². The normalized spacial score (nSPS) is 13.9. The summed E-state index contributed by atoms with van der Waals surface area (Å²) < 4.78 is 68.6. The van der Waals surface area contributed by atoms with E-state index in [9.17, 15) is 43.2 Å². The van der Waals surface area contributed by atoms with Crippen molar-refractivity contribution < 1.29 is 80.2 Å². The first kappa shape index (κ1) is 95.1. The van der Waals surface area contributed by atoms with Gasteiger partial charge in [-0.1, -0.05) is 362 Å². The van der Waals surface area contributed by atoms with Crippen LogP contribution in [-0.4, -0.2) is 96.7 Å². The van der Waals surface area contributed by atoms with E-state index in [-0.39, 0.29) is 25.7 Å². The second-order valence-corrected chi connectivity index (χ2v) is 31.5. The number of esters is 4. The summed E-state index contributed by atoms with van der Waals surface area (Å²) in [5.74, 6) is -1.39. The van der Waals surface area contributed by atoms with Gasteiger partial charge >= 0.3 is 39.5 Å². The Balaban J connectivity index is 5.20. The smallest absolute Gasteiger partial charge is 0.462 e. The van der Waals surface area contributed by atoms with E-state index >= 15 is 0 Å². The van der Waals surface area contributed by atoms with Gasteiger partial charge in [0.15, 0.2) is 12.2 Å². The molecular weight excluding hydrogens is 1270 g/mol. The molecule has 2 unspecified atom stereocenters. The number of aliphatic hydroxyl groups is 1. The highest BCUT2D eigenvalue weighted by Gasteiger charge is 2.30. The van der Waals surface area contributed by atoms with Crippen molar-refractivity contribution in [2.24, 2.45) is 5.92 Å². The predicted molar refractivity (Wildman–Crippen MR) is 395 cm³/mol. The molecule has 17 nitrogen and oxygen atoms in total. The molecule has 5 atom stereocenters. The summed E-state index contributed by atoms with van der Waals surface area (Å²) in [6, 6.07) is 0. The molecule has 0 fully saturated rings. The Hall–Kier alpha value is -1.94. The van der Waals surface area contributed by atoms with E-state index in [0.29, 0.717) is 25.7 Å². The average molecular weight is 1420 g/mol. The second-order valence-electron chi connectivity index (χ2n) is 28.6. The Kier molecular flexibility index (Phi) is 69.6. The zero-order valence-corrected chi connectivity index (χ0v) is 65.0. The predicted octanol–water partition coefficient (Wildman–Crippen LogP) is 23.3. The van der Waals surface area contributed by atoms with Crippen molar-refractivity contribution in [1.29, 1.82) is 0 Å². The van der Waals surface area contributed by atoms with Gasteiger partial charge in [-0.3, -0.25) is 37.3 Å². The van der Waals surface area contributed by atoms with E-state index in [1.54, 1.807) is 0 Å². The van der Waals surface area contributed by atoms with Crippen molar-refractivity contribution in [2.75, 3.05) is 39.6 Å². The standard InChI is InChI=1S/C78H152O17P2/c1-6-9-12-15-18-21-24-26-28-29-30-31-32-33-34-36-39-42-48-53-58-63-77(82)94-73(67-89-76(81)62-57-52-47-41-38-35-27-25-22-19-16-13-10-7-2)69-92-96(84,85)90-65-72(79)66-91-97(86,87)93-70-74(95-78(83)64-59-54-49-44-43-45-50-55-60-71(4)5)68-88-75(80)61-56-51-46-40-37-23-20-17-14-11-8-3/h71-74,79H,6-70H2,1-5H3,(H,84,85)(H,86,87)/t72-,73-,74-/m1/s1. The van der Waals surface area contributed by atoms with Crippen LogP contribution in [-0.2, 0) is 65.4 Å². The molecule has 0 spiro atoms. The molecule has 19 heteroatoms. The summed E-state index contributed by atoms with van der Waals surface area (Å²) in [5, 5.41) is 10.6. The van der Waals surface area contributed by atoms with Gasteiger partial charge in [-0.2, -0.15) is 0 Å². The highest BCUT2D eigenvalue weighted by Crippen LogP contribution is 2.45. The summed E-state index contributed by atoms with van der Waals surface area (Å²) >= 11 is 0. The minimum atomic E-state index is -4.96. The van der Waals surface area contributed by atoms with Gasteiger partial charge in [-0.15, -0.1) is 0 Å². The summed E-state index contributed by atoms with van der Waals surface area (Å²) in [6.07, 6.45) is 61.1. The van der Waals surface area contributed by atoms with Crippen molar-refractivity contribution in [3.05, 3.63) is 0 Å². The molecule has 0 radical (unpaired) electrons. The van der Waals surface area contributed by atoms with Crippen LogP contribution in [0, 0.1) is 5.92 Å². The Bertz CT molecular complexity index is 1860. The van der Waals surface area contributed by atoms with E-state index < -0.39 is 97.5 Å². The SMILES string of the molecule is CCCCCCCCCCCCCCCCCCCCCCCC(=O)O[C@H](COC(=O)CCCCCCCCCCCCCCCC)COP(=O)(O)OC[C@@H](O)COP(=O)(O)OC[C@@H](COC(=O)CCCCCCCCCCCCC)OC(=O)CCCCCCCCCCC(C)C. The van der Waals surface area contributed by atoms with Crippen LogP contribution >= 0.6 is 15.6 Å². The fourth-order valence-electron chi connectivity index (χ4n) is 12.1. The Morgan fingerprint density at radius 2 is 0.474 bits per heavy atom. The zero-order valence-electron chi connectivity index (χ0n) is 63.2. The molecule has 0 saturated heterocycles. The van der Waals surface area contributed by atoms with Gasteiger partial charge < -0.3 is 33.8 Å². The number of hydrogen-bond donors (Lipinski definition) is 3. The fraction of sp³-hybridized carbons (Fsp3) is 0.949. The third kappa shape index (κ3) is 72.2. The molecule has 0 aromatic rings. The van der Waals surface area contributed by atoms with E-state index in [4.69, 9.17) is 37.0 Å². The number of carbonyl (C=O) groups excluding carboxylic acids is 4. The summed E-state index contributed by atoms with van der Waals surface area (Å²) in [4.78, 5) is 72.8. The minimum absolute atomic E-state index is 0.105. The number of carbonyl (C=O) groups is 4. The Morgan fingerprint density at radius 3 is 0.701 bits per heavy atom. The van der Waals surface area contributed by atoms with Gasteiger partial charge in [-0.25, -0.2) is 9.13 Å². The maximum absolute atomic E-state index is 13.1. The van der Waals surface area contributed by atoms with Crippen LogP contribution in [0.5, 0.6) is 0 Å². The Labute approximate surface area is 594 Å². The molecule has 3 N–H and O–H groups in total. The molecule has 576 valence electrons. The molecule has 0 bridgehead atoms. The second kappa shape index (κ2) is 71.1. The zero-order chi connectivity index (χ0) is 71.2. The van der Waals surface area contributed by atoms with Crippen molar-refractivity contribution in [1.82, 2.24) is 0 Å². The monoisotopic (exact) mass is 1420 g/mol. The quantitative estimate of drug-likeness (QED) is 0.0222. The molecular formula is C78H152O17P2. The molecule has 0 saturated carbocycles. The largest absolute Gasteiger partial charge is 0.472 e. The first-order valence-electron chi connectivity index (χ1n) is 40.6. The van der Waals surface area contributed by atoms with E-state index in [0.717, 1.165) is 95.8 Å². The van der Waals surface area contributed by atoms with Crippen LogP contribution in [0.4, 0.5) is 0 Å². The number of rotatable bonds is 78. The highest BCUT2D eigenvalue weighted by atomic mass is 31.2. The minimum Gasteiger partial charge on any atom is -0.462 e. The van der Waals surface area contributed by atoms with Crippen molar-refractivity contribution >= 4 is 39.5 Å². The van der Waals surface area contributed by atoms with Crippen LogP contribution in [0.2, 0.25) is 0 Å². The number of hydrogen-bond acceptors (Lipinski definition) is 15. The van der Waals surface area contributed by atoms with Crippen LogP contribution in [0.3, 0.4) is 0 Å². The number of phosphoric ester groups is 2. The van der Waals surface area contributed by atoms with E-state index in [1.807, 2.05) is 0 Å².